The average Bonchev–Trinajstić information content (AvgIpc) is 3.10. The number of oxazole rings is 1. The molecule has 2 rings (SSSR count). The predicted molar refractivity (Wildman–Crippen MR) is 82.5 cm³/mol. The van der Waals surface area contributed by atoms with Crippen LogP contribution in [0.3, 0.4) is 0 Å². The summed E-state index contributed by atoms with van der Waals surface area (Å²) in [7, 11) is 1.29. The standard InChI is InChI=1S/C15H21N3O6/c1-14(2,3)24-13(20)16-6-10-17-9(7-22-10)11-18-15(4,8-23-11)12(19)21-5/h7H,6,8H2,1-5H3,(H,16,20)/t15-/m0/s1. The molecule has 1 amide bonds. The molecule has 0 aliphatic carbocycles. The summed E-state index contributed by atoms with van der Waals surface area (Å²) in [6.07, 6.45) is 0.767. The molecule has 0 radical (unpaired) electrons. The van der Waals surface area contributed by atoms with Gasteiger partial charge in [-0.25, -0.2) is 19.6 Å². The zero-order chi connectivity index (χ0) is 18.0. The molecule has 0 unspecified atom stereocenters. The average molecular weight is 339 g/mol. The first kappa shape index (κ1) is 17.8. The highest BCUT2D eigenvalue weighted by Crippen LogP contribution is 2.22. The first-order valence-electron chi connectivity index (χ1n) is 7.36. The molecule has 1 aliphatic heterocycles. The molecule has 1 aromatic heterocycles. The molecular formula is C15H21N3O6. The van der Waals surface area contributed by atoms with Crippen molar-refractivity contribution in [3.63, 3.8) is 0 Å². The van der Waals surface area contributed by atoms with Crippen molar-refractivity contribution in [1.29, 1.82) is 0 Å². The van der Waals surface area contributed by atoms with Crippen molar-refractivity contribution in [2.24, 2.45) is 4.99 Å². The Kier molecular flexibility index (Phi) is 4.81. The molecule has 1 aromatic rings. The minimum atomic E-state index is -1.10. The van der Waals surface area contributed by atoms with E-state index < -0.39 is 23.2 Å². The van der Waals surface area contributed by atoms with E-state index in [-0.39, 0.29) is 24.9 Å². The molecule has 1 atom stereocenters. The molecule has 1 N–H and O–H groups in total. The second kappa shape index (κ2) is 6.50. The van der Waals surface area contributed by atoms with Crippen LogP contribution in [0.2, 0.25) is 0 Å². The monoisotopic (exact) mass is 339 g/mol. The van der Waals surface area contributed by atoms with Crippen LogP contribution in [0, 0.1) is 0 Å². The van der Waals surface area contributed by atoms with Gasteiger partial charge in [-0.2, -0.15) is 0 Å². The van der Waals surface area contributed by atoms with Gasteiger partial charge in [0.25, 0.3) is 0 Å². The van der Waals surface area contributed by atoms with E-state index >= 15 is 0 Å². The number of carbonyl (C=O) groups is 2. The number of hydrogen-bond donors (Lipinski definition) is 1. The zero-order valence-electron chi connectivity index (χ0n) is 14.3. The van der Waals surface area contributed by atoms with E-state index in [4.69, 9.17) is 18.6 Å². The lowest BCUT2D eigenvalue weighted by Gasteiger charge is -2.19. The van der Waals surface area contributed by atoms with Crippen LogP contribution >= 0.6 is 0 Å². The van der Waals surface area contributed by atoms with E-state index in [1.807, 2.05) is 0 Å². The number of amides is 1. The smallest absolute Gasteiger partial charge is 0.408 e. The summed E-state index contributed by atoms with van der Waals surface area (Å²) >= 11 is 0. The summed E-state index contributed by atoms with van der Waals surface area (Å²) in [5.41, 5.74) is -1.35. The highest BCUT2D eigenvalue weighted by molar-refractivity contribution is 5.97. The summed E-state index contributed by atoms with van der Waals surface area (Å²) in [6, 6.07) is 0. The summed E-state index contributed by atoms with van der Waals surface area (Å²) < 4.78 is 20.5. The van der Waals surface area contributed by atoms with E-state index in [1.165, 1.54) is 13.4 Å². The van der Waals surface area contributed by atoms with Crippen LogP contribution in [-0.2, 0) is 25.5 Å². The molecule has 0 saturated heterocycles. The van der Waals surface area contributed by atoms with Crippen LogP contribution < -0.4 is 5.32 Å². The molecule has 132 valence electrons. The molecular weight excluding hydrogens is 318 g/mol. The van der Waals surface area contributed by atoms with Gasteiger partial charge in [-0.05, 0) is 27.7 Å². The SMILES string of the molecule is COC(=O)[C@]1(C)COC(c2coc(CNC(=O)OC(C)(C)C)n2)=N1. The normalized spacial score (nSPS) is 20.1. The number of nitrogens with one attached hydrogen (secondary N) is 1. The summed E-state index contributed by atoms with van der Waals surface area (Å²) in [5, 5.41) is 2.53. The molecule has 9 nitrogen and oxygen atoms in total. The van der Waals surface area contributed by atoms with Gasteiger partial charge in [-0.15, -0.1) is 0 Å². The fourth-order valence-electron chi connectivity index (χ4n) is 1.91. The first-order valence-corrected chi connectivity index (χ1v) is 7.36. The number of nitrogens with zero attached hydrogens (tertiary/aromatic N) is 2. The van der Waals surface area contributed by atoms with Crippen molar-refractivity contribution in [2.45, 2.75) is 45.4 Å². The minimum absolute atomic E-state index is 0.0520. The lowest BCUT2D eigenvalue weighted by molar-refractivity contribution is -0.146. The largest absolute Gasteiger partial charge is 0.473 e. The summed E-state index contributed by atoms with van der Waals surface area (Å²) in [5.74, 6) is -0.0446. The molecule has 0 saturated carbocycles. The van der Waals surface area contributed by atoms with Crippen LogP contribution in [0.1, 0.15) is 39.3 Å². The van der Waals surface area contributed by atoms with E-state index in [0.717, 1.165) is 0 Å². The molecule has 2 heterocycles. The number of hydrogen-bond acceptors (Lipinski definition) is 8. The maximum Gasteiger partial charge on any atom is 0.408 e. The maximum atomic E-state index is 11.7. The molecule has 0 spiro atoms. The van der Waals surface area contributed by atoms with Gasteiger partial charge in [-0.1, -0.05) is 0 Å². The fraction of sp³-hybridized carbons (Fsp3) is 0.600. The van der Waals surface area contributed by atoms with Crippen LogP contribution in [0.25, 0.3) is 0 Å². The van der Waals surface area contributed by atoms with Gasteiger partial charge in [0.1, 0.15) is 18.5 Å². The third-order valence-electron chi connectivity index (χ3n) is 3.02. The number of carbonyl (C=O) groups excluding carboxylic acids is 2. The van der Waals surface area contributed by atoms with Gasteiger partial charge < -0.3 is 23.9 Å². The van der Waals surface area contributed by atoms with Gasteiger partial charge in [0.15, 0.2) is 11.2 Å². The minimum Gasteiger partial charge on any atom is -0.473 e. The van der Waals surface area contributed by atoms with E-state index in [0.29, 0.717) is 5.69 Å². The topological polar surface area (TPSA) is 112 Å². The highest BCUT2D eigenvalue weighted by Gasteiger charge is 2.41. The van der Waals surface area contributed by atoms with Crippen LogP contribution in [0.15, 0.2) is 15.7 Å². The quantitative estimate of drug-likeness (QED) is 0.825. The molecule has 9 heteroatoms. The van der Waals surface area contributed by atoms with Crippen molar-refractivity contribution in [1.82, 2.24) is 10.3 Å². The number of esters is 1. The molecule has 0 aromatic carbocycles. The maximum absolute atomic E-state index is 11.7. The Labute approximate surface area is 139 Å². The lowest BCUT2D eigenvalue weighted by Crippen LogP contribution is -2.35. The summed E-state index contributed by atoms with van der Waals surface area (Å²) in [6.45, 7) is 7.03. The van der Waals surface area contributed by atoms with Crippen molar-refractivity contribution in [3.05, 3.63) is 17.8 Å². The van der Waals surface area contributed by atoms with Gasteiger partial charge >= 0.3 is 12.1 Å². The van der Waals surface area contributed by atoms with E-state index in [1.54, 1.807) is 27.7 Å². The van der Waals surface area contributed by atoms with Crippen molar-refractivity contribution in [3.8, 4) is 0 Å². The molecule has 0 bridgehead atoms. The Hall–Kier alpha value is -2.58. The van der Waals surface area contributed by atoms with Crippen molar-refractivity contribution < 1.29 is 28.2 Å². The van der Waals surface area contributed by atoms with Gasteiger partial charge in [0.05, 0.1) is 13.7 Å². The number of methoxy groups -OCH3 is 1. The summed E-state index contributed by atoms with van der Waals surface area (Å²) in [4.78, 5) is 31.7. The second-order valence-corrected chi connectivity index (χ2v) is 6.45. The molecule has 0 fully saturated rings. The number of alkyl carbamates (subject to hydrolysis) is 1. The highest BCUT2D eigenvalue weighted by atomic mass is 16.6. The molecule has 1 aliphatic rings. The zero-order valence-corrected chi connectivity index (χ0v) is 14.3. The Bertz CT molecular complexity index is 660. The van der Waals surface area contributed by atoms with Crippen molar-refractivity contribution in [2.75, 3.05) is 13.7 Å². The fourth-order valence-corrected chi connectivity index (χ4v) is 1.91. The van der Waals surface area contributed by atoms with Crippen molar-refractivity contribution >= 4 is 18.0 Å². The third-order valence-corrected chi connectivity index (χ3v) is 3.02. The first-order chi connectivity index (χ1) is 11.1. The second-order valence-electron chi connectivity index (χ2n) is 6.45. The van der Waals surface area contributed by atoms with Gasteiger partial charge in [-0.3, -0.25) is 0 Å². The Balaban J connectivity index is 1.98. The van der Waals surface area contributed by atoms with E-state index in [9.17, 15) is 9.59 Å². The number of aliphatic imine (C=N–C) groups is 1. The van der Waals surface area contributed by atoms with Crippen LogP contribution in [-0.4, -0.2) is 47.8 Å². The number of ether oxygens (including phenoxy) is 3. The van der Waals surface area contributed by atoms with E-state index in [2.05, 4.69) is 15.3 Å². The number of rotatable bonds is 4. The van der Waals surface area contributed by atoms with Gasteiger partial charge in [0, 0.05) is 0 Å². The Morgan fingerprint density at radius 2 is 2.12 bits per heavy atom. The van der Waals surface area contributed by atoms with Crippen LogP contribution in [0.4, 0.5) is 4.79 Å². The Morgan fingerprint density at radius 1 is 1.42 bits per heavy atom. The Morgan fingerprint density at radius 3 is 2.75 bits per heavy atom. The van der Waals surface area contributed by atoms with Gasteiger partial charge in [0.2, 0.25) is 11.8 Å². The molecule has 24 heavy (non-hydrogen) atoms. The van der Waals surface area contributed by atoms with Crippen LogP contribution in [0.5, 0.6) is 0 Å². The third kappa shape index (κ3) is 4.24. The number of aromatic nitrogens is 1. The lowest BCUT2D eigenvalue weighted by atomic mass is 10.1. The predicted octanol–water partition coefficient (Wildman–Crippen LogP) is 1.41.